The Morgan fingerprint density at radius 2 is 1.50 bits per heavy atom. The molecule has 0 aromatic heterocycles. The van der Waals surface area contributed by atoms with Crippen molar-refractivity contribution in [3.63, 3.8) is 0 Å². The molecule has 0 saturated carbocycles. The van der Waals surface area contributed by atoms with Crippen molar-refractivity contribution in [1.82, 2.24) is 5.32 Å². The fraction of sp³-hybridized carbons (Fsp3) is 0.316. The first kappa shape index (κ1) is 18.2. The summed E-state index contributed by atoms with van der Waals surface area (Å²) in [5, 5.41) is 2.29. The zero-order valence-corrected chi connectivity index (χ0v) is 15.0. The molecule has 24 heavy (non-hydrogen) atoms. The Balaban J connectivity index is 2.27. The van der Waals surface area contributed by atoms with Gasteiger partial charge in [0.25, 0.3) is 0 Å². The van der Waals surface area contributed by atoms with E-state index in [4.69, 9.17) is 0 Å². The highest BCUT2D eigenvalue weighted by Crippen LogP contribution is 2.22. The van der Waals surface area contributed by atoms with Crippen LogP contribution in [0.2, 0.25) is 0 Å². The van der Waals surface area contributed by atoms with Gasteiger partial charge in [0.15, 0.2) is 9.84 Å². The Kier molecular flexibility index (Phi) is 5.78. The Labute approximate surface area is 143 Å². The van der Waals surface area contributed by atoms with Crippen LogP contribution in [0.25, 0.3) is 0 Å². The molecule has 0 saturated heterocycles. The van der Waals surface area contributed by atoms with Crippen LogP contribution in [0, 0.1) is 6.92 Å². The van der Waals surface area contributed by atoms with Gasteiger partial charge in [-0.25, -0.2) is 8.42 Å². The SMILES string of the molecule is Cc1ccc(C(NC(=O)CS(=O)(=O)C(C)C)c2ccccc2)cc1. The van der Waals surface area contributed by atoms with Gasteiger partial charge >= 0.3 is 0 Å². The zero-order valence-electron chi connectivity index (χ0n) is 14.2. The number of benzene rings is 2. The second-order valence-electron chi connectivity index (χ2n) is 6.18. The summed E-state index contributed by atoms with van der Waals surface area (Å²) in [6.07, 6.45) is 0. The van der Waals surface area contributed by atoms with E-state index in [1.165, 1.54) is 0 Å². The molecule has 1 amide bonds. The lowest BCUT2D eigenvalue weighted by atomic mass is 9.98. The predicted octanol–water partition coefficient (Wildman–Crippen LogP) is 3.02. The lowest BCUT2D eigenvalue weighted by Crippen LogP contribution is -2.36. The third kappa shape index (κ3) is 4.68. The fourth-order valence-electron chi connectivity index (χ4n) is 2.32. The second kappa shape index (κ2) is 7.62. The molecule has 0 radical (unpaired) electrons. The van der Waals surface area contributed by atoms with Crippen LogP contribution in [0.4, 0.5) is 0 Å². The molecular weight excluding hydrogens is 322 g/mol. The lowest BCUT2D eigenvalue weighted by molar-refractivity contribution is -0.119. The van der Waals surface area contributed by atoms with Gasteiger partial charge in [-0.15, -0.1) is 0 Å². The van der Waals surface area contributed by atoms with Gasteiger partial charge in [-0.05, 0) is 31.9 Å². The van der Waals surface area contributed by atoms with E-state index >= 15 is 0 Å². The van der Waals surface area contributed by atoms with Crippen LogP contribution in [-0.2, 0) is 14.6 Å². The highest BCUT2D eigenvalue weighted by molar-refractivity contribution is 7.92. The molecule has 0 fully saturated rings. The van der Waals surface area contributed by atoms with Crippen LogP contribution in [-0.4, -0.2) is 25.3 Å². The maximum absolute atomic E-state index is 12.3. The highest BCUT2D eigenvalue weighted by Gasteiger charge is 2.23. The molecule has 2 aromatic rings. The van der Waals surface area contributed by atoms with Crippen molar-refractivity contribution in [2.75, 3.05) is 5.75 Å². The number of rotatable bonds is 6. The van der Waals surface area contributed by atoms with Crippen LogP contribution in [0.3, 0.4) is 0 Å². The van der Waals surface area contributed by atoms with E-state index in [0.29, 0.717) is 0 Å². The van der Waals surface area contributed by atoms with Crippen molar-refractivity contribution in [2.24, 2.45) is 0 Å². The molecule has 0 heterocycles. The molecule has 1 atom stereocenters. The molecule has 0 bridgehead atoms. The van der Waals surface area contributed by atoms with Gasteiger partial charge in [-0.3, -0.25) is 4.79 Å². The van der Waals surface area contributed by atoms with Crippen LogP contribution < -0.4 is 5.32 Å². The Morgan fingerprint density at radius 1 is 0.958 bits per heavy atom. The summed E-state index contributed by atoms with van der Waals surface area (Å²) in [5.74, 6) is -0.988. The van der Waals surface area contributed by atoms with E-state index in [-0.39, 0.29) is 6.04 Å². The summed E-state index contributed by atoms with van der Waals surface area (Å²) >= 11 is 0. The van der Waals surface area contributed by atoms with Crippen molar-refractivity contribution in [1.29, 1.82) is 0 Å². The van der Waals surface area contributed by atoms with Crippen molar-refractivity contribution in [3.8, 4) is 0 Å². The summed E-state index contributed by atoms with van der Waals surface area (Å²) in [5.41, 5.74) is 2.96. The molecular formula is C19H23NO3S. The van der Waals surface area contributed by atoms with Gasteiger partial charge < -0.3 is 5.32 Å². The number of nitrogens with one attached hydrogen (secondary N) is 1. The number of hydrogen-bond acceptors (Lipinski definition) is 3. The summed E-state index contributed by atoms with van der Waals surface area (Å²) in [6, 6.07) is 17.0. The van der Waals surface area contributed by atoms with E-state index in [2.05, 4.69) is 5.32 Å². The zero-order chi connectivity index (χ0) is 17.7. The smallest absolute Gasteiger partial charge is 0.235 e. The van der Waals surface area contributed by atoms with Crippen molar-refractivity contribution < 1.29 is 13.2 Å². The number of sulfone groups is 1. The summed E-state index contributed by atoms with van der Waals surface area (Å²) in [7, 11) is -3.43. The summed E-state index contributed by atoms with van der Waals surface area (Å²) in [6.45, 7) is 5.16. The topological polar surface area (TPSA) is 63.2 Å². The van der Waals surface area contributed by atoms with Crippen molar-refractivity contribution in [3.05, 3.63) is 71.3 Å². The van der Waals surface area contributed by atoms with E-state index in [1.54, 1.807) is 13.8 Å². The van der Waals surface area contributed by atoms with Gasteiger partial charge in [0.05, 0.1) is 11.3 Å². The van der Waals surface area contributed by atoms with Crippen molar-refractivity contribution >= 4 is 15.7 Å². The Hall–Kier alpha value is -2.14. The molecule has 0 aliphatic heterocycles. The van der Waals surface area contributed by atoms with E-state index in [1.807, 2.05) is 61.5 Å². The normalized spacial score (nSPS) is 12.8. The lowest BCUT2D eigenvalue weighted by Gasteiger charge is -2.20. The van der Waals surface area contributed by atoms with Gasteiger partial charge in [-0.2, -0.15) is 0 Å². The van der Waals surface area contributed by atoms with Crippen molar-refractivity contribution in [2.45, 2.75) is 32.1 Å². The number of carbonyl (C=O) groups excluding carboxylic acids is 1. The number of carbonyl (C=O) groups is 1. The molecule has 2 rings (SSSR count). The number of amides is 1. The first-order chi connectivity index (χ1) is 11.3. The predicted molar refractivity (Wildman–Crippen MR) is 96.5 cm³/mol. The Bertz CT molecular complexity index is 781. The molecule has 1 N–H and O–H groups in total. The minimum Gasteiger partial charge on any atom is -0.344 e. The maximum Gasteiger partial charge on any atom is 0.235 e. The second-order valence-corrected chi connectivity index (χ2v) is 8.74. The van der Waals surface area contributed by atoms with E-state index in [9.17, 15) is 13.2 Å². The molecule has 4 nitrogen and oxygen atoms in total. The standard InChI is InChI=1S/C19H23NO3S/c1-14(2)24(22,23)13-18(21)20-19(16-7-5-4-6-8-16)17-11-9-15(3)10-12-17/h4-12,14,19H,13H2,1-3H3,(H,20,21). The highest BCUT2D eigenvalue weighted by atomic mass is 32.2. The third-order valence-corrected chi connectivity index (χ3v) is 6.00. The molecule has 0 aliphatic rings. The first-order valence-electron chi connectivity index (χ1n) is 7.92. The third-order valence-electron chi connectivity index (χ3n) is 3.90. The monoisotopic (exact) mass is 345 g/mol. The minimum absolute atomic E-state index is 0.373. The molecule has 1 unspecified atom stereocenters. The van der Waals surface area contributed by atoms with E-state index in [0.717, 1.165) is 16.7 Å². The molecule has 0 aliphatic carbocycles. The Morgan fingerprint density at radius 3 is 2.04 bits per heavy atom. The summed E-state index contributed by atoms with van der Waals surface area (Å²) in [4.78, 5) is 12.3. The van der Waals surface area contributed by atoms with Gasteiger partial charge in [0, 0.05) is 0 Å². The van der Waals surface area contributed by atoms with Crippen LogP contribution >= 0.6 is 0 Å². The fourth-order valence-corrected chi connectivity index (χ4v) is 3.10. The average molecular weight is 345 g/mol. The quantitative estimate of drug-likeness (QED) is 0.875. The van der Waals surface area contributed by atoms with Gasteiger partial charge in [-0.1, -0.05) is 60.2 Å². The molecule has 0 spiro atoms. The van der Waals surface area contributed by atoms with Crippen LogP contribution in [0.5, 0.6) is 0 Å². The number of aryl methyl sites for hydroxylation is 1. The van der Waals surface area contributed by atoms with Crippen LogP contribution in [0.1, 0.15) is 36.6 Å². The maximum atomic E-state index is 12.3. The summed E-state index contributed by atoms with van der Waals surface area (Å²) < 4.78 is 24.0. The molecule has 2 aromatic carbocycles. The molecule has 5 heteroatoms. The first-order valence-corrected chi connectivity index (χ1v) is 9.63. The van der Waals surface area contributed by atoms with Crippen LogP contribution in [0.15, 0.2) is 54.6 Å². The largest absolute Gasteiger partial charge is 0.344 e. The minimum atomic E-state index is -3.43. The van der Waals surface area contributed by atoms with E-state index < -0.39 is 26.7 Å². The molecule has 128 valence electrons. The number of hydrogen-bond donors (Lipinski definition) is 1. The van der Waals surface area contributed by atoms with Gasteiger partial charge in [0.2, 0.25) is 5.91 Å². The van der Waals surface area contributed by atoms with Gasteiger partial charge in [0.1, 0.15) is 5.75 Å². The average Bonchev–Trinajstić information content (AvgIpc) is 2.54.